The lowest BCUT2D eigenvalue weighted by atomic mass is 10.0. The Kier molecular flexibility index (Phi) is 2.60. The molecule has 1 saturated heterocycles. The van der Waals surface area contributed by atoms with Crippen molar-refractivity contribution in [1.82, 2.24) is 5.32 Å². The number of hydrogen-bond acceptors (Lipinski definition) is 2. The topological polar surface area (TPSA) is 38.3 Å². The van der Waals surface area contributed by atoms with Crippen LogP contribution < -0.4 is 5.32 Å². The monoisotopic (exact) mass is 225 g/mol. The van der Waals surface area contributed by atoms with Crippen molar-refractivity contribution in [2.75, 3.05) is 0 Å². The molecule has 1 aromatic rings. The first-order valence-electron chi connectivity index (χ1n) is 4.66. The lowest BCUT2D eigenvalue weighted by Gasteiger charge is -2.14. The number of ether oxygens (including phenoxy) is 1. The Morgan fingerprint density at radius 1 is 1.44 bits per heavy atom. The van der Waals surface area contributed by atoms with Crippen LogP contribution in [0.1, 0.15) is 11.7 Å². The maximum atomic E-state index is 13.4. The molecule has 1 fully saturated rings. The van der Waals surface area contributed by atoms with Gasteiger partial charge in [-0.1, -0.05) is 6.08 Å². The third-order valence-corrected chi connectivity index (χ3v) is 2.36. The first-order valence-corrected chi connectivity index (χ1v) is 4.66. The van der Waals surface area contributed by atoms with Crippen LogP contribution in [0.2, 0.25) is 0 Å². The van der Waals surface area contributed by atoms with Crippen molar-refractivity contribution in [2.24, 2.45) is 0 Å². The molecular formula is C11H9F2NO2. The number of rotatable bonds is 2. The summed E-state index contributed by atoms with van der Waals surface area (Å²) in [4.78, 5) is 11.0. The van der Waals surface area contributed by atoms with Crippen LogP contribution in [0.15, 0.2) is 30.9 Å². The van der Waals surface area contributed by atoms with Gasteiger partial charge in [0, 0.05) is 5.56 Å². The summed E-state index contributed by atoms with van der Waals surface area (Å²) in [5.41, 5.74) is 0.00301. The largest absolute Gasteiger partial charge is 0.439 e. The number of nitrogens with one attached hydrogen (secondary N) is 1. The molecule has 0 aromatic heterocycles. The normalized spacial score (nSPS) is 23.8. The van der Waals surface area contributed by atoms with Gasteiger partial charge in [-0.3, -0.25) is 0 Å². The van der Waals surface area contributed by atoms with Gasteiger partial charge in [0.1, 0.15) is 11.6 Å². The van der Waals surface area contributed by atoms with Gasteiger partial charge in [0.05, 0.1) is 6.04 Å². The first kappa shape index (κ1) is 10.6. The summed E-state index contributed by atoms with van der Waals surface area (Å²) in [7, 11) is 0. The van der Waals surface area contributed by atoms with E-state index in [9.17, 15) is 13.6 Å². The second-order valence-electron chi connectivity index (χ2n) is 3.40. The highest BCUT2D eigenvalue weighted by Crippen LogP contribution is 2.29. The average Bonchev–Trinajstić information content (AvgIpc) is 2.63. The molecule has 0 saturated carbocycles. The molecular weight excluding hydrogens is 216 g/mol. The molecule has 84 valence electrons. The predicted molar refractivity (Wildman–Crippen MR) is 52.7 cm³/mol. The Morgan fingerprint density at radius 3 is 2.88 bits per heavy atom. The van der Waals surface area contributed by atoms with E-state index in [1.807, 2.05) is 0 Å². The molecule has 3 nitrogen and oxygen atoms in total. The molecule has 1 aliphatic heterocycles. The molecule has 0 unspecified atom stereocenters. The highest BCUT2D eigenvalue weighted by molar-refractivity contribution is 5.71. The minimum atomic E-state index is -0.874. The third-order valence-electron chi connectivity index (χ3n) is 2.36. The Morgan fingerprint density at radius 2 is 2.19 bits per heavy atom. The van der Waals surface area contributed by atoms with E-state index >= 15 is 0 Å². The highest BCUT2D eigenvalue weighted by atomic mass is 19.1. The highest BCUT2D eigenvalue weighted by Gasteiger charge is 2.35. The molecule has 0 bridgehead atoms. The molecule has 5 heteroatoms. The Labute approximate surface area is 90.7 Å². The molecule has 2 atom stereocenters. The van der Waals surface area contributed by atoms with Crippen molar-refractivity contribution in [3.63, 3.8) is 0 Å². The fraction of sp³-hybridized carbons (Fsp3) is 0.182. The van der Waals surface area contributed by atoms with Crippen LogP contribution in [0, 0.1) is 11.6 Å². The van der Waals surface area contributed by atoms with Gasteiger partial charge in [0.2, 0.25) is 0 Å². The van der Waals surface area contributed by atoms with E-state index < -0.39 is 29.9 Å². The summed E-state index contributed by atoms with van der Waals surface area (Å²) in [6.07, 6.45) is -0.126. The number of carbonyl (C=O) groups excluding carboxylic acids is 1. The van der Waals surface area contributed by atoms with Crippen LogP contribution in [0.25, 0.3) is 0 Å². The van der Waals surface area contributed by atoms with E-state index in [0.29, 0.717) is 0 Å². The number of carbonyl (C=O) groups is 1. The van der Waals surface area contributed by atoms with Crippen molar-refractivity contribution in [2.45, 2.75) is 12.1 Å². The zero-order valence-corrected chi connectivity index (χ0v) is 8.24. The molecule has 2 rings (SSSR count). The van der Waals surface area contributed by atoms with Crippen LogP contribution in [0.3, 0.4) is 0 Å². The second kappa shape index (κ2) is 3.92. The smallest absolute Gasteiger partial charge is 0.408 e. The number of halogens is 2. The summed E-state index contributed by atoms with van der Waals surface area (Å²) in [6.45, 7) is 3.49. The number of alkyl carbamates (subject to hydrolysis) is 1. The SMILES string of the molecule is C=C[C@@H]1NC(=O)O[C@@H]1c1cc(F)ccc1F. The molecule has 1 heterocycles. The second-order valence-corrected chi connectivity index (χ2v) is 3.40. The Hall–Kier alpha value is -1.91. The summed E-state index contributed by atoms with van der Waals surface area (Å²) in [6, 6.07) is 2.46. The van der Waals surface area contributed by atoms with E-state index in [-0.39, 0.29) is 5.56 Å². The van der Waals surface area contributed by atoms with Crippen LogP contribution in [0.5, 0.6) is 0 Å². The number of cyclic esters (lactones) is 1. The van der Waals surface area contributed by atoms with Gasteiger partial charge in [-0.05, 0) is 18.2 Å². The maximum Gasteiger partial charge on any atom is 0.408 e. The van der Waals surface area contributed by atoms with Crippen LogP contribution >= 0.6 is 0 Å². The van der Waals surface area contributed by atoms with Gasteiger partial charge >= 0.3 is 6.09 Å². The number of hydrogen-bond donors (Lipinski definition) is 1. The van der Waals surface area contributed by atoms with E-state index in [1.54, 1.807) is 0 Å². The quantitative estimate of drug-likeness (QED) is 0.784. The summed E-state index contributed by atoms with van der Waals surface area (Å²) < 4.78 is 31.3. The van der Waals surface area contributed by atoms with Gasteiger partial charge < -0.3 is 10.1 Å². The van der Waals surface area contributed by atoms with Gasteiger partial charge in [-0.25, -0.2) is 13.6 Å². The van der Waals surface area contributed by atoms with Crippen molar-refractivity contribution in [1.29, 1.82) is 0 Å². The van der Waals surface area contributed by atoms with Crippen LogP contribution in [-0.2, 0) is 4.74 Å². The average molecular weight is 225 g/mol. The number of amides is 1. The summed E-state index contributed by atoms with van der Waals surface area (Å²) >= 11 is 0. The van der Waals surface area contributed by atoms with E-state index in [2.05, 4.69) is 11.9 Å². The molecule has 0 aliphatic carbocycles. The molecule has 1 amide bonds. The summed E-state index contributed by atoms with van der Waals surface area (Å²) in [5.74, 6) is -1.20. The summed E-state index contributed by atoms with van der Waals surface area (Å²) in [5, 5.41) is 2.43. The Balaban J connectivity index is 2.39. The minimum absolute atomic E-state index is 0.00301. The first-order chi connectivity index (χ1) is 7.61. The zero-order valence-electron chi connectivity index (χ0n) is 8.24. The van der Waals surface area contributed by atoms with E-state index in [0.717, 1.165) is 18.2 Å². The fourth-order valence-electron chi connectivity index (χ4n) is 1.61. The van der Waals surface area contributed by atoms with Gasteiger partial charge in [0.25, 0.3) is 0 Å². The van der Waals surface area contributed by atoms with Gasteiger partial charge in [0.15, 0.2) is 6.10 Å². The van der Waals surface area contributed by atoms with Crippen molar-refractivity contribution in [3.05, 3.63) is 48.1 Å². The molecule has 1 N–H and O–H groups in total. The Bertz CT molecular complexity index is 448. The van der Waals surface area contributed by atoms with E-state index in [4.69, 9.17) is 4.74 Å². The molecule has 1 aromatic carbocycles. The maximum absolute atomic E-state index is 13.4. The fourth-order valence-corrected chi connectivity index (χ4v) is 1.61. The minimum Gasteiger partial charge on any atom is -0.439 e. The third kappa shape index (κ3) is 1.76. The van der Waals surface area contributed by atoms with Gasteiger partial charge in [-0.2, -0.15) is 0 Å². The van der Waals surface area contributed by atoms with Crippen molar-refractivity contribution in [3.8, 4) is 0 Å². The molecule has 0 spiro atoms. The van der Waals surface area contributed by atoms with E-state index in [1.165, 1.54) is 6.08 Å². The molecule has 0 radical (unpaired) electrons. The lowest BCUT2D eigenvalue weighted by molar-refractivity contribution is 0.134. The number of benzene rings is 1. The van der Waals surface area contributed by atoms with Crippen LogP contribution in [-0.4, -0.2) is 12.1 Å². The predicted octanol–water partition coefficient (Wildman–Crippen LogP) is 2.30. The molecule has 1 aliphatic rings. The molecule has 16 heavy (non-hydrogen) atoms. The zero-order chi connectivity index (χ0) is 11.7. The van der Waals surface area contributed by atoms with Crippen molar-refractivity contribution < 1.29 is 18.3 Å². The lowest BCUT2D eigenvalue weighted by Crippen LogP contribution is -2.25. The standard InChI is InChI=1S/C11H9F2NO2/c1-2-9-10(16-11(15)14-9)7-5-6(12)3-4-8(7)13/h2-5,9-10H,1H2,(H,14,15)/t9-,10+/m0/s1. The van der Waals surface area contributed by atoms with Crippen LogP contribution in [0.4, 0.5) is 13.6 Å². The van der Waals surface area contributed by atoms with Gasteiger partial charge in [-0.15, -0.1) is 6.58 Å². The van der Waals surface area contributed by atoms with Crippen molar-refractivity contribution >= 4 is 6.09 Å².